The van der Waals surface area contributed by atoms with Crippen molar-refractivity contribution in [3.05, 3.63) is 307 Å². The Balaban J connectivity index is 0.963. The van der Waals surface area contributed by atoms with Gasteiger partial charge in [0.05, 0.1) is 0 Å². The van der Waals surface area contributed by atoms with Crippen LogP contribution in [0.2, 0.25) is 0 Å². The van der Waals surface area contributed by atoms with E-state index in [0.717, 1.165) is 95.3 Å². The van der Waals surface area contributed by atoms with Crippen molar-refractivity contribution in [3.8, 4) is 22.3 Å². The van der Waals surface area contributed by atoms with Gasteiger partial charge in [-0.15, -0.1) is 0 Å². The van der Waals surface area contributed by atoms with E-state index < -0.39 is 0 Å². The molecule has 10 aromatic rings. The van der Waals surface area contributed by atoms with E-state index in [1.807, 2.05) is 0 Å². The molecule has 0 atom stereocenters. The van der Waals surface area contributed by atoms with Gasteiger partial charge < -0.3 is 9.80 Å². The minimum Gasteiger partial charge on any atom is -0.311 e. The first-order valence-electron chi connectivity index (χ1n) is 23.1. The Labute approximate surface area is 401 Å². The topological polar surface area (TPSA) is 6.48 Å². The number of nitrogens with zero attached hydrogens (tertiary/aromatic N) is 2. The Morgan fingerprint density at radius 2 is 0.603 bits per heavy atom. The highest BCUT2D eigenvalue weighted by Gasteiger charge is 2.17. The highest BCUT2D eigenvalue weighted by Crippen LogP contribution is 2.40. The second kappa shape index (κ2) is 20.5. The molecule has 0 saturated carbocycles. The predicted molar refractivity (Wildman–Crippen MR) is 292 cm³/mol. The van der Waals surface area contributed by atoms with Crippen LogP contribution in [0.5, 0.6) is 0 Å². The zero-order valence-electron chi connectivity index (χ0n) is 37.8. The molecule has 0 aliphatic heterocycles. The van der Waals surface area contributed by atoms with Gasteiger partial charge in [-0.1, -0.05) is 213 Å². The van der Waals surface area contributed by atoms with Crippen molar-refractivity contribution in [3.63, 3.8) is 0 Å². The van der Waals surface area contributed by atoms with Gasteiger partial charge in [-0.05, 0) is 146 Å². The first-order valence-corrected chi connectivity index (χ1v) is 23.1. The third kappa shape index (κ3) is 9.82. The summed E-state index contributed by atoms with van der Waals surface area (Å²) < 4.78 is 0. The van der Waals surface area contributed by atoms with Crippen LogP contribution < -0.4 is 9.80 Å². The Hall–Kier alpha value is -8.98. The van der Waals surface area contributed by atoms with Crippen LogP contribution in [-0.2, 0) is 0 Å². The number of hydrogen-bond donors (Lipinski definition) is 0. The van der Waals surface area contributed by atoms with Crippen LogP contribution >= 0.6 is 0 Å². The lowest BCUT2D eigenvalue weighted by Gasteiger charge is -2.25. The predicted octanol–water partition coefficient (Wildman–Crippen LogP) is 18.4. The van der Waals surface area contributed by atoms with E-state index in [2.05, 4.69) is 301 Å². The van der Waals surface area contributed by atoms with Gasteiger partial charge in [-0.2, -0.15) is 0 Å². The fourth-order valence-electron chi connectivity index (χ4n) is 8.76. The van der Waals surface area contributed by atoms with E-state index in [1.165, 1.54) is 0 Å². The fourth-order valence-corrected chi connectivity index (χ4v) is 8.76. The van der Waals surface area contributed by atoms with Gasteiger partial charge in [0.15, 0.2) is 0 Å². The molecule has 0 aliphatic carbocycles. The van der Waals surface area contributed by atoms with Crippen LogP contribution in [-0.4, -0.2) is 0 Å². The molecule has 68 heavy (non-hydrogen) atoms. The van der Waals surface area contributed by atoms with E-state index >= 15 is 0 Å². The standard InChI is InChI=1S/C66H50N2/c1-50(55-20-8-2-9-21-55)65-48-53(34-32-51-36-42-61(43-37-51)67(57-24-12-4-13-25-57)58-26-14-5-15-27-58)40-46-63(65)64-47-41-54(49-66(64)56-22-10-3-11-23-56)35-33-52-38-44-62(45-39-52)68(59-28-16-6-17-29-59)60-30-18-7-19-31-60/h2-49H,1H2. The molecule has 2 nitrogen and oxygen atoms in total. The molecule has 0 heterocycles. The molecule has 0 unspecified atom stereocenters. The lowest BCUT2D eigenvalue weighted by molar-refractivity contribution is 1.28. The summed E-state index contributed by atoms with van der Waals surface area (Å²) in [4.78, 5) is 4.57. The quantitative estimate of drug-likeness (QED) is 0.100. The third-order valence-electron chi connectivity index (χ3n) is 12.2. The largest absolute Gasteiger partial charge is 0.311 e. The van der Waals surface area contributed by atoms with E-state index in [1.54, 1.807) is 0 Å². The average Bonchev–Trinajstić information content (AvgIpc) is 3.42. The lowest BCUT2D eigenvalue weighted by Crippen LogP contribution is -2.09. The third-order valence-corrected chi connectivity index (χ3v) is 12.2. The molecule has 324 valence electrons. The van der Waals surface area contributed by atoms with Gasteiger partial charge in [0.1, 0.15) is 0 Å². The van der Waals surface area contributed by atoms with Gasteiger partial charge >= 0.3 is 0 Å². The fraction of sp³-hybridized carbons (Fsp3) is 0. The van der Waals surface area contributed by atoms with Crippen LogP contribution in [0.4, 0.5) is 34.1 Å². The maximum absolute atomic E-state index is 4.71. The Morgan fingerprint density at radius 3 is 1.03 bits per heavy atom. The Kier molecular flexibility index (Phi) is 12.9. The minimum absolute atomic E-state index is 0.978. The maximum Gasteiger partial charge on any atom is 0.0462 e. The van der Waals surface area contributed by atoms with Crippen LogP contribution in [0.3, 0.4) is 0 Å². The SMILES string of the molecule is C=C(c1ccccc1)c1cc(C=Cc2ccc(N(c3ccccc3)c3ccccc3)cc2)ccc1-c1ccc(C=Cc2ccc(N(c3ccccc3)c3ccccc3)cc2)cc1-c1ccccc1. The summed E-state index contributed by atoms with van der Waals surface area (Å²) in [7, 11) is 0. The molecule has 10 rings (SSSR count). The molecular formula is C66H50N2. The number of para-hydroxylation sites is 4. The summed E-state index contributed by atoms with van der Waals surface area (Å²) in [6.07, 6.45) is 8.80. The highest BCUT2D eigenvalue weighted by atomic mass is 15.1. The summed E-state index contributed by atoms with van der Waals surface area (Å²) in [6, 6.07) is 94.3. The molecule has 10 aromatic carbocycles. The second-order valence-corrected chi connectivity index (χ2v) is 16.7. The molecule has 0 bridgehead atoms. The number of hydrogen-bond acceptors (Lipinski definition) is 2. The monoisotopic (exact) mass is 870 g/mol. The van der Waals surface area contributed by atoms with Crippen molar-refractivity contribution >= 4 is 64.0 Å². The van der Waals surface area contributed by atoms with Gasteiger partial charge in [0.2, 0.25) is 0 Å². The first kappa shape index (κ1) is 42.9. The van der Waals surface area contributed by atoms with Crippen molar-refractivity contribution in [2.45, 2.75) is 0 Å². The molecule has 0 fully saturated rings. The maximum atomic E-state index is 4.71. The number of benzene rings is 10. The average molecular weight is 871 g/mol. The van der Waals surface area contributed by atoms with Crippen molar-refractivity contribution in [2.24, 2.45) is 0 Å². The summed E-state index contributed by atoms with van der Waals surface area (Å²) in [5.74, 6) is 0. The molecule has 0 aliphatic rings. The zero-order valence-corrected chi connectivity index (χ0v) is 37.8. The molecular weight excluding hydrogens is 821 g/mol. The highest BCUT2D eigenvalue weighted by molar-refractivity contribution is 5.95. The van der Waals surface area contributed by atoms with E-state index in [9.17, 15) is 0 Å². The molecule has 0 N–H and O–H groups in total. The molecule has 0 aromatic heterocycles. The molecule has 0 spiro atoms. The number of rotatable bonds is 14. The van der Waals surface area contributed by atoms with Gasteiger partial charge in [0.25, 0.3) is 0 Å². The smallest absolute Gasteiger partial charge is 0.0462 e. The minimum atomic E-state index is 0.978. The summed E-state index contributed by atoms with van der Waals surface area (Å²) in [5, 5.41) is 0. The van der Waals surface area contributed by atoms with Crippen LogP contribution in [0.15, 0.2) is 273 Å². The van der Waals surface area contributed by atoms with Gasteiger partial charge in [-0.25, -0.2) is 0 Å². The van der Waals surface area contributed by atoms with Crippen molar-refractivity contribution in [2.75, 3.05) is 9.80 Å². The van der Waals surface area contributed by atoms with Crippen LogP contribution in [0, 0.1) is 0 Å². The van der Waals surface area contributed by atoms with Gasteiger partial charge in [-0.3, -0.25) is 0 Å². The van der Waals surface area contributed by atoms with Crippen LogP contribution in [0.25, 0.3) is 52.1 Å². The Morgan fingerprint density at radius 1 is 0.279 bits per heavy atom. The lowest BCUT2D eigenvalue weighted by atomic mass is 9.86. The van der Waals surface area contributed by atoms with Gasteiger partial charge in [0, 0.05) is 34.1 Å². The second-order valence-electron chi connectivity index (χ2n) is 16.7. The normalized spacial score (nSPS) is 11.2. The van der Waals surface area contributed by atoms with Crippen molar-refractivity contribution in [1.82, 2.24) is 0 Å². The summed E-state index contributed by atoms with van der Waals surface area (Å²) in [6.45, 7) is 4.71. The van der Waals surface area contributed by atoms with E-state index in [0.29, 0.717) is 0 Å². The number of anilines is 6. The summed E-state index contributed by atoms with van der Waals surface area (Å²) in [5.41, 5.74) is 18.9. The summed E-state index contributed by atoms with van der Waals surface area (Å²) >= 11 is 0. The van der Waals surface area contributed by atoms with Crippen molar-refractivity contribution in [1.29, 1.82) is 0 Å². The van der Waals surface area contributed by atoms with E-state index in [4.69, 9.17) is 6.58 Å². The van der Waals surface area contributed by atoms with Crippen LogP contribution in [0.1, 0.15) is 33.4 Å². The van der Waals surface area contributed by atoms with E-state index in [-0.39, 0.29) is 0 Å². The zero-order chi connectivity index (χ0) is 45.9. The Bertz CT molecular complexity index is 3210. The molecule has 0 amide bonds. The molecule has 0 radical (unpaired) electrons. The molecule has 0 saturated heterocycles. The van der Waals surface area contributed by atoms with Crippen molar-refractivity contribution < 1.29 is 0 Å². The first-order chi connectivity index (χ1) is 33.6. The molecule has 2 heteroatoms.